The Balaban J connectivity index is 1.54. The lowest BCUT2D eigenvalue weighted by atomic mass is 9.87. The molecule has 148 valence electrons. The Kier molecular flexibility index (Phi) is 5.58. The second kappa shape index (κ2) is 7.92. The highest BCUT2D eigenvalue weighted by atomic mass is 16.5. The molecule has 0 bridgehead atoms. The Morgan fingerprint density at radius 3 is 2.50 bits per heavy atom. The number of oxazole rings is 1. The summed E-state index contributed by atoms with van der Waals surface area (Å²) in [7, 11) is 0. The quantitative estimate of drug-likeness (QED) is 0.661. The van der Waals surface area contributed by atoms with Crippen LogP contribution in [-0.2, 0) is 10.2 Å². The van der Waals surface area contributed by atoms with Crippen LogP contribution in [0.5, 0.6) is 5.75 Å². The van der Waals surface area contributed by atoms with Crippen molar-refractivity contribution in [2.75, 3.05) is 13.2 Å². The zero-order valence-corrected chi connectivity index (χ0v) is 16.7. The lowest BCUT2D eigenvalue weighted by Crippen LogP contribution is -2.36. The Labute approximate surface area is 164 Å². The predicted molar refractivity (Wildman–Crippen MR) is 109 cm³/mol. The number of ether oxygens (including phenoxy) is 1. The number of benzene rings is 2. The van der Waals surface area contributed by atoms with Crippen LogP contribution >= 0.6 is 0 Å². The summed E-state index contributed by atoms with van der Waals surface area (Å²) in [4.78, 5) is 24.5. The van der Waals surface area contributed by atoms with Crippen molar-refractivity contribution in [1.29, 1.82) is 0 Å². The molecule has 0 radical (unpaired) electrons. The van der Waals surface area contributed by atoms with E-state index in [-0.39, 0.29) is 11.3 Å². The number of amides is 1. The molecule has 1 unspecified atom stereocenters. The van der Waals surface area contributed by atoms with E-state index in [1.54, 1.807) is 31.2 Å². The second-order valence-electron chi connectivity index (χ2n) is 7.80. The first-order chi connectivity index (χ1) is 13.3. The molecular formula is C22H26N2O4. The Hall–Kier alpha value is -3.02. The summed E-state index contributed by atoms with van der Waals surface area (Å²) in [6.07, 6.45) is 0. The Morgan fingerprint density at radius 2 is 1.82 bits per heavy atom. The van der Waals surface area contributed by atoms with E-state index in [4.69, 9.17) is 9.15 Å². The zero-order chi connectivity index (χ0) is 20.3. The maximum absolute atomic E-state index is 12.4. The summed E-state index contributed by atoms with van der Waals surface area (Å²) in [5, 5.41) is 2.80. The van der Waals surface area contributed by atoms with E-state index >= 15 is 0 Å². The van der Waals surface area contributed by atoms with E-state index in [0.717, 1.165) is 5.75 Å². The van der Waals surface area contributed by atoms with Crippen LogP contribution in [0.15, 0.2) is 57.7 Å². The van der Waals surface area contributed by atoms with Gasteiger partial charge in [0.15, 0.2) is 5.58 Å². The average molecular weight is 382 g/mol. The minimum Gasteiger partial charge on any atom is -0.492 e. The van der Waals surface area contributed by atoms with Crippen molar-refractivity contribution in [3.05, 3.63) is 64.6 Å². The third-order valence-corrected chi connectivity index (χ3v) is 4.68. The van der Waals surface area contributed by atoms with Crippen LogP contribution in [0.3, 0.4) is 0 Å². The number of para-hydroxylation sites is 2. The van der Waals surface area contributed by atoms with Gasteiger partial charge in [0.1, 0.15) is 18.4 Å². The van der Waals surface area contributed by atoms with Crippen molar-refractivity contribution >= 4 is 17.0 Å². The first-order valence-corrected chi connectivity index (χ1v) is 9.38. The highest BCUT2D eigenvalue weighted by molar-refractivity contribution is 5.82. The predicted octanol–water partition coefficient (Wildman–Crippen LogP) is 3.65. The van der Waals surface area contributed by atoms with Gasteiger partial charge in [-0.25, -0.2) is 4.79 Å². The molecule has 1 heterocycles. The molecule has 6 heteroatoms. The average Bonchev–Trinajstić information content (AvgIpc) is 2.99. The van der Waals surface area contributed by atoms with Crippen molar-refractivity contribution in [2.24, 2.45) is 0 Å². The van der Waals surface area contributed by atoms with Crippen LogP contribution in [-0.4, -0.2) is 23.6 Å². The molecule has 3 rings (SSSR count). The maximum atomic E-state index is 12.4. The molecule has 0 saturated carbocycles. The van der Waals surface area contributed by atoms with Crippen LogP contribution in [0, 0.1) is 0 Å². The molecule has 1 atom stereocenters. The molecule has 2 aromatic carbocycles. The summed E-state index contributed by atoms with van der Waals surface area (Å²) in [6, 6.07) is 14.3. The molecule has 1 amide bonds. The number of nitrogens with one attached hydrogen (secondary N) is 1. The molecule has 0 fully saturated rings. The highest BCUT2D eigenvalue weighted by Gasteiger charge is 2.20. The van der Waals surface area contributed by atoms with Gasteiger partial charge in [0.25, 0.3) is 0 Å². The van der Waals surface area contributed by atoms with Crippen LogP contribution in [0.2, 0.25) is 0 Å². The fourth-order valence-electron chi connectivity index (χ4n) is 3.01. The fourth-order valence-corrected chi connectivity index (χ4v) is 3.01. The summed E-state index contributed by atoms with van der Waals surface area (Å²) in [5.74, 6) is -0.0493. The van der Waals surface area contributed by atoms with Crippen molar-refractivity contribution in [3.8, 4) is 5.75 Å². The molecule has 6 nitrogen and oxygen atoms in total. The standard InChI is InChI=1S/C22H26N2O4/c1-15(24-18-7-5-6-8-19(18)28-21(24)26)20(25)23-13-14-27-17-11-9-16(10-12-17)22(2,3)4/h5-12,15H,13-14H2,1-4H3,(H,23,25). The molecule has 0 aliphatic heterocycles. The zero-order valence-electron chi connectivity index (χ0n) is 16.7. The van der Waals surface area contributed by atoms with Gasteiger partial charge in [0.05, 0.1) is 12.1 Å². The first kappa shape index (κ1) is 19.7. The van der Waals surface area contributed by atoms with Gasteiger partial charge in [-0.2, -0.15) is 0 Å². The third-order valence-electron chi connectivity index (χ3n) is 4.68. The van der Waals surface area contributed by atoms with E-state index < -0.39 is 11.8 Å². The number of nitrogens with zero attached hydrogens (tertiary/aromatic N) is 1. The number of carbonyl (C=O) groups excluding carboxylic acids is 1. The first-order valence-electron chi connectivity index (χ1n) is 9.38. The Morgan fingerprint density at radius 1 is 1.14 bits per heavy atom. The number of rotatable bonds is 6. The van der Waals surface area contributed by atoms with Crippen LogP contribution in [0.1, 0.15) is 39.3 Å². The van der Waals surface area contributed by atoms with Crippen molar-refractivity contribution < 1.29 is 13.9 Å². The fraction of sp³-hybridized carbons (Fsp3) is 0.364. The molecule has 3 aromatic rings. The van der Waals surface area contributed by atoms with Gasteiger partial charge in [-0.1, -0.05) is 45.0 Å². The molecule has 0 spiro atoms. The summed E-state index contributed by atoms with van der Waals surface area (Å²) in [6.45, 7) is 8.84. The molecular weight excluding hydrogens is 356 g/mol. The summed E-state index contributed by atoms with van der Waals surface area (Å²) < 4.78 is 12.2. The molecule has 0 aliphatic rings. The van der Waals surface area contributed by atoms with Crippen molar-refractivity contribution in [1.82, 2.24) is 9.88 Å². The van der Waals surface area contributed by atoms with Crippen molar-refractivity contribution in [2.45, 2.75) is 39.2 Å². The Bertz CT molecular complexity index is 1010. The minimum absolute atomic E-state index is 0.0952. The van der Waals surface area contributed by atoms with Gasteiger partial charge < -0.3 is 14.5 Å². The number of hydrogen-bond acceptors (Lipinski definition) is 4. The van der Waals surface area contributed by atoms with Gasteiger partial charge in [-0.3, -0.25) is 9.36 Å². The van der Waals surface area contributed by atoms with Gasteiger partial charge in [0.2, 0.25) is 5.91 Å². The number of aromatic nitrogens is 1. The summed E-state index contributed by atoms with van der Waals surface area (Å²) in [5.41, 5.74) is 2.40. The second-order valence-corrected chi connectivity index (χ2v) is 7.80. The third kappa shape index (κ3) is 4.27. The van der Waals surface area contributed by atoms with Gasteiger partial charge >= 0.3 is 5.76 Å². The molecule has 0 aliphatic carbocycles. The molecule has 28 heavy (non-hydrogen) atoms. The molecule has 1 aromatic heterocycles. The van der Waals surface area contributed by atoms with E-state index in [2.05, 4.69) is 26.1 Å². The monoisotopic (exact) mass is 382 g/mol. The van der Waals surface area contributed by atoms with Crippen LogP contribution in [0.25, 0.3) is 11.1 Å². The number of fused-ring (bicyclic) bond motifs is 1. The van der Waals surface area contributed by atoms with E-state index in [1.807, 2.05) is 24.3 Å². The number of carbonyl (C=O) groups is 1. The van der Waals surface area contributed by atoms with Crippen molar-refractivity contribution in [3.63, 3.8) is 0 Å². The van der Waals surface area contributed by atoms with Crippen LogP contribution < -0.4 is 15.8 Å². The van der Waals surface area contributed by atoms with E-state index in [9.17, 15) is 9.59 Å². The topological polar surface area (TPSA) is 73.5 Å². The smallest absolute Gasteiger partial charge is 0.420 e. The lowest BCUT2D eigenvalue weighted by Gasteiger charge is -2.19. The number of hydrogen-bond donors (Lipinski definition) is 1. The van der Waals surface area contributed by atoms with E-state index in [1.165, 1.54) is 10.1 Å². The normalized spacial score (nSPS) is 12.7. The summed E-state index contributed by atoms with van der Waals surface area (Å²) >= 11 is 0. The van der Waals surface area contributed by atoms with E-state index in [0.29, 0.717) is 24.3 Å². The van der Waals surface area contributed by atoms with Crippen LogP contribution in [0.4, 0.5) is 0 Å². The molecule has 0 saturated heterocycles. The largest absolute Gasteiger partial charge is 0.492 e. The molecule has 1 N–H and O–H groups in total. The minimum atomic E-state index is -0.679. The van der Waals surface area contributed by atoms with Gasteiger partial charge in [-0.05, 0) is 42.2 Å². The highest BCUT2D eigenvalue weighted by Crippen LogP contribution is 2.24. The lowest BCUT2D eigenvalue weighted by molar-refractivity contribution is -0.124. The van der Waals surface area contributed by atoms with Gasteiger partial charge in [-0.15, -0.1) is 0 Å². The van der Waals surface area contributed by atoms with Gasteiger partial charge in [0, 0.05) is 0 Å². The SMILES string of the molecule is CC(C(=O)NCCOc1ccc(C(C)(C)C)cc1)n1c(=O)oc2ccccc21. The maximum Gasteiger partial charge on any atom is 0.420 e.